The Bertz CT molecular complexity index is 386. The Morgan fingerprint density at radius 1 is 1.50 bits per heavy atom. The maximum Gasteiger partial charge on any atom is 0.120 e. The van der Waals surface area contributed by atoms with Gasteiger partial charge in [-0.3, -0.25) is 4.90 Å². The number of piperidine rings is 1. The molecule has 0 radical (unpaired) electrons. The zero-order valence-electron chi connectivity index (χ0n) is 10.7. The van der Waals surface area contributed by atoms with Crippen LogP contribution in [-0.4, -0.2) is 42.4 Å². The van der Waals surface area contributed by atoms with E-state index in [0.29, 0.717) is 12.5 Å². The van der Waals surface area contributed by atoms with Gasteiger partial charge >= 0.3 is 0 Å². The zero-order chi connectivity index (χ0) is 13.0. The SMILES string of the molecule is CC1CCN(CCOc2cccc(Br)c2)CC1O. The number of rotatable bonds is 4. The Balaban J connectivity index is 1.72. The van der Waals surface area contributed by atoms with E-state index >= 15 is 0 Å². The van der Waals surface area contributed by atoms with Gasteiger partial charge in [0.25, 0.3) is 0 Å². The molecule has 2 unspecified atom stereocenters. The highest BCUT2D eigenvalue weighted by Crippen LogP contribution is 2.19. The van der Waals surface area contributed by atoms with E-state index < -0.39 is 0 Å². The van der Waals surface area contributed by atoms with E-state index in [1.807, 2.05) is 24.3 Å². The van der Waals surface area contributed by atoms with Crippen LogP contribution in [0.1, 0.15) is 13.3 Å². The van der Waals surface area contributed by atoms with Crippen molar-refractivity contribution in [3.63, 3.8) is 0 Å². The number of benzene rings is 1. The first kappa shape index (κ1) is 13.8. The third-order valence-corrected chi connectivity index (χ3v) is 3.97. The highest BCUT2D eigenvalue weighted by atomic mass is 79.9. The molecule has 0 saturated carbocycles. The molecular weight excluding hydrogens is 294 g/mol. The van der Waals surface area contributed by atoms with Crippen molar-refractivity contribution in [1.29, 1.82) is 0 Å². The van der Waals surface area contributed by atoms with Crippen LogP contribution in [0, 0.1) is 5.92 Å². The van der Waals surface area contributed by atoms with Crippen molar-refractivity contribution < 1.29 is 9.84 Å². The van der Waals surface area contributed by atoms with Crippen LogP contribution >= 0.6 is 15.9 Å². The fraction of sp³-hybridized carbons (Fsp3) is 0.571. The van der Waals surface area contributed by atoms with Crippen LogP contribution in [0.25, 0.3) is 0 Å². The average molecular weight is 314 g/mol. The van der Waals surface area contributed by atoms with Crippen molar-refractivity contribution in [2.75, 3.05) is 26.2 Å². The number of halogens is 1. The Morgan fingerprint density at radius 3 is 3.06 bits per heavy atom. The highest BCUT2D eigenvalue weighted by Gasteiger charge is 2.23. The summed E-state index contributed by atoms with van der Waals surface area (Å²) in [6, 6.07) is 7.87. The van der Waals surface area contributed by atoms with E-state index in [9.17, 15) is 5.11 Å². The number of ether oxygens (including phenoxy) is 1. The van der Waals surface area contributed by atoms with Gasteiger partial charge in [-0.15, -0.1) is 0 Å². The number of likely N-dealkylation sites (tertiary alicyclic amines) is 1. The number of aliphatic hydroxyl groups is 1. The molecule has 18 heavy (non-hydrogen) atoms. The second kappa shape index (κ2) is 6.55. The van der Waals surface area contributed by atoms with Gasteiger partial charge in [-0.1, -0.05) is 28.9 Å². The zero-order valence-corrected chi connectivity index (χ0v) is 12.3. The van der Waals surface area contributed by atoms with Crippen molar-refractivity contribution in [3.8, 4) is 5.75 Å². The molecule has 0 bridgehead atoms. The largest absolute Gasteiger partial charge is 0.492 e. The van der Waals surface area contributed by atoms with E-state index in [0.717, 1.165) is 36.3 Å². The van der Waals surface area contributed by atoms with Crippen molar-refractivity contribution in [1.82, 2.24) is 4.90 Å². The Labute approximate surface area is 117 Å². The van der Waals surface area contributed by atoms with E-state index in [4.69, 9.17) is 4.74 Å². The van der Waals surface area contributed by atoms with Crippen LogP contribution in [0.4, 0.5) is 0 Å². The third-order valence-electron chi connectivity index (χ3n) is 3.48. The fourth-order valence-electron chi connectivity index (χ4n) is 2.17. The molecule has 3 nitrogen and oxygen atoms in total. The highest BCUT2D eigenvalue weighted by molar-refractivity contribution is 9.10. The number of nitrogens with zero attached hydrogens (tertiary/aromatic N) is 1. The number of β-amino-alcohol motifs (C(OH)–C–C–N with tert-alkyl or cyclic N) is 1. The summed E-state index contributed by atoms with van der Waals surface area (Å²) in [7, 11) is 0. The summed E-state index contributed by atoms with van der Waals surface area (Å²) in [4.78, 5) is 2.27. The number of aliphatic hydroxyl groups excluding tert-OH is 1. The molecule has 0 amide bonds. The molecule has 1 fully saturated rings. The monoisotopic (exact) mass is 313 g/mol. The van der Waals surface area contributed by atoms with Gasteiger partial charge in [-0.05, 0) is 37.1 Å². The Hall–Kier alpha value is -0.580. The second-order valence-electron chi connectivity index (χ2n) is 4.94. The van der Waals surface area contributed by atoms with Gasteiger partial charge < -0.3 is 9.84 Å². The minimum absolute atomic E-state index is 0.190. The molecule has 1 saturated heterocycles. The summed E-state index contributed by atoms with van der Waals surface area (Å²) >= 11 is 3.42. The molecule has 1 aromatic rings. The minimum atomic E-state index is -0.190. The topological polar surface area (TPSA) is 32.7 Å². The van der Waals surface area contributed by atoms with Gasteiger partial charge in [0.15, 0.2) is 0 Å². The molecule has 2 rings (SSSR count). The summed E-state index contributed by atoms with van der Waals surface area (Å²) in [5.41, 5.74) is 0. The lowest BCUT2D eigenvalue weighted by Gasteiger charge is -2.34. The molecule has 0 aromatic heterocycles. The van der Waals surface area contributed by atoms with E-state index in [1.54, 1.807) is 0 Å². The van der Waals surface area contributed by atoms with Gasteiger partial charge in [-0.25, -0.2) is 0 Å². The molecule has 1 aromatic carbocycles. The fourth-order valence-corrected chi connectivity index (χ4v) is 2.55. The summed E-state index contributed by atoms with van der Waals surface area (Å²) in [5, 5.41) is 9.81. The van der Waals surface area contributed by atoms with E-state index in [-0.39, 0.29) is 6.10 Å². The van der Waals surface area contributed by atoms with Crippen molar-refractivity contribution in [2.45, 2.75) is 19.4 Å². The van der Waals surface area contributed by atoms with Crippen LogP contribution in [0.15, 0.2) is 28.7 Å². The van der Waals surface area contributed by atoms with Crippen LogP contribution in [0.3, 0.4) is 0 Å². The lowest BCUT2D eigenvalue weighted by atomic mass is 9.96. The average Bonchev–Trinajstić information content (AvgIpc) is 2.34. The Kier molecular flexibility index (Phi) is 5.03. The molecule has 1 N–H and O–H groups in total. The van der Waals surface area contributed by atoms with Gasteiger partial charge in [0.2, 0.25) is 0 Å². The normalized spacial score (nSPS) is 25.1. The van der Waals surface area contributed by atoms with Crippen molar-refractivity contribution in [2.24, 2.45) is 5.92 Å². The second-order valence-corrected chi connectivity index (χ2v) is 5.86. The van der Waals surface area contributed by atoms with Crippen molar-refractivity contribution in [3.05, 3.63) is 28.7 Å². The first-order valence-corrected chi connectivity index (χ1v) is 7.23. The minimum Gasteiger partial charge on any atom is -0.492 e. The first-order valence-electron chi connectivity index (χ1n) is 6.44. The summed E-state index contributed by atoms with van der Waals surface area (Å²) in [5.74, 6) is 1.31. The number of hydrogen-bond acceptors (Lipinski definition) is 3. The van der Waals surface area contributed by atoms with E-state index in [1.165, 1.54) is 0 Å². The molecule has 2 atom stereocenters. The molecule has 1 heterocycles. The molecule has 1 aliphatic rings. The third kappa shape index (κ3) is 3.97. The predicted octanol–water partition coefficient (Wildman–Crippen LogP) is 2.53. The first-order chi connectivity index (χ1) is 8.65. The molecule has 4 heteroatoms. The quantitative estimate of drug-likeness (QED) is 0.927. The predicted molar refractivity (Wildman–Crippen MR) is 75.9 cm³/mol. The maximum atomic E-state index is 9.81. The van der Waals surface area contributed by atoms with Crippen LogP contribution in [-0.2, 0) is 0 Å². The molecule has 100 valence electrons. The van der Waals surface area contributed by atoms with Crippen molar-refractivity contribution >= 4 is 15.9 Å². The summed E-state index contributed by atoms with van der Waals surface area (Å²) in [6.07, 6.45) is 0.877. The summed E-state index contributed by atoms with van der Waals surface area (Å²) < 4.78 is 6.73. The molecular formula is C14H20BrNO2. The standard InChI is InChI=1S/C14H20BrNO2/c1-11-5-6-16(10-14(11)17)7-8-18-13-4-2-3-12(15)9-13/h2-4,9,11,14,17H,5-8,10H2,1H3. The maximum absolute atomic E-state index is 9.81. The lowest BCUT2D eigenvalue weighted by molar-refractivity contribution is 0.0244. The number of hydrogen-bond donors (Lipinski definition) is 1. The Morgan fingerprint density at radius 2 is 2.33 bits per heavy atom. The smallest absolute Gasteiger partial charge is 0.120 e. The molecule has 0 aliphatic carbocycles. The van der Waals surface area contributed by atoms with Crippen LogP contribution in [0.2, 0.25) is 0 Å². The molecule has 1 aliphatic heterocycles. The van der Waals surface area contributed by atoms with Crippen LogP contribution < -0.4 is 4.74 Å². The van der Waals surface area contributed by atoms with Crippen LogP contribution in [0.5, 0.6) is 5.75 Å². The lowest BCUT2D eigenvalue weighted by Crippen LogP contribution is -2.44. The van der Waals surface area contributed by atoms with Gasteiger partial charge in [0, 0.05) is 17.6 Å². The van der Waals surface area contributed by atoms with Gasteiger partial charge in [-0.2, -0.15) is 0 Å². The summed E-state index contributed by atoms with van der Waals surface area (Å²) in [6.45, 7) is 5.47. The van der Waals surface area contributed by atoms with Gasteiger partial charge in [0.1, 0.15) is 12.4 Å². The van der Waals surface area contributed by atoms with Gasteiger partial charge in [0.05, 0.1) is 6.10 Å². The molecule has 0 spiro atoms. The van der Waals surface area contributed by atoms with E-state index in [2.05, 4.69) is 27.8 Å².